The van der Waals surface area contributed by atoms with Crippen LogP contribution in [0, 0.1) is 18.3 Å². The zero-order chi connectivity index (χ0) is 20.2. The lowest BCUT2D eigenvalue weighted by Crippen LogP contribution is -2.45. The van der Waals surface area contributed by atoms with Gasteiger partial charge in [-0.25, -0.2) is 8.42 Å². The highest BCUT2D eigenvalue weighted by molar-refractivity contribution is 7.92. The van der Waals surface area contributed by atoms with Gasteiger partial charge in [-0.15, -0.1) is 0 Å². The van der Waals surface area contributed by atoms with Gasteiger partial charge in [-0.05, 0) is 49.2 Å². The summed E-state index contributed by atoms with van der Waals surface area (Å²) in [7, 11) is -3.73. The van der Waals surface area contributed by atoms with E-state index in [2.05, 4.69) is 11.4 Å². The highest BCUT2D eigenvalue weighted by atomic mass is 35.5. The number of nitriles is 1. The zero-order valence-electron chi connectivity index (χ0n) is 15.2. The van der Waals surface area contributed by atoms with Crippen molar-refractivity contribution in [2.75, 3.05) is 15.9 Å². The molecule has 2 aromatic rings. The molecule has 142 valence electrons. The number of carbonyl (C=O) groups excluding carboxylic acids is 1. The van der Waals surface area contributed by atoms with E-state index < -0.39 is 22.0 Å². The van der Waals surface area contributed by atoms with Crippen LogP contribution in [-0.2, 0) is 21.2 Å². The first kappa shape index (κ1) is 20.7. The van der Waals surface area contributed by atoms with Crippen LogP contribution >= 0.6 is 11.6 Å². The summed E-state index contributed by atoms with van der Waals surface area (Å²) < 4.78 is 25.8. The topological polar surface area (TPSA) is 90.3 Å². The van der Waals surface area contributed by atoms with E-state index in [1.54, 1.807) is 43.3 Å². The Hall–Kier alpha value is -2.56. The van der Waals surface area contributed by atoms with Crippen molar-refractivity contribution >= 4 is 38.9 Å². The fourth-order valence-electron chi connectivity index (χ4n) is 2.64. The Morgan fingerprint density at radius 1 is 1.26 bits per heavy atom. The molecule has 8 heteroatoms. The van der Waals surface area contributed by atoms with Crippen molar-refractivity contribution in [3.63, 3.8) is 0 Å². The number of halogens is 1. The number of aryl methyl sites for hydroxylation is 1. The normalized spacial score (nSPS) is 12.1. The monoisotopic (exact) mass is 405 g/mol. The lowest BCUT2D eigenvalue weighted by Gasteiger charge is -2.29. The van der Waals surface area contributed by atoms with Crippen LogP contribution in [0.5, 0.6) is 0 Å². The zero-order valence-corrected chi connectivity index (χ0v) is 16.8. The summed E-state index contributed by atoms with van der Waals surface area (Å²) in [6.45, 7) is 3.27. The molecule has 1 N–H and O–H groups in total. The number of hydrogen-bond acceptors (Lipinski definition) is 4. The summed E-state index contributed by atoms with van der Waals surface area (Å²) in [5.74, 6) is -0.479. The first-order valence-corrected chi connectivity index (χ1v) is 10.4. The minimum atomic E-state index is -3.73. The van der Waals surface area contributed by atoms with Crippen LogP contribution in [0.25, 0.3) is 0 Å². The van der Waals surface area contributed by atoms with Gasteiger partial charge in [-0.1, -0.05) is 29.8 Å². The average Bonchev–Trinajstić information content (AvgIpc) is 2.59. The minimum Gasteiger partial charge on any atom is -0.324 e. The van der Waals surface area contributed by atoms with E-state index in [1.807, 2.05) is 0 Å². The Balaban J connectivity index is 2.30. The second-order valence-corrected chi connectivity index (χ2v) is 8.48. The molecule has 0 unspecified atom stereocenters. The standard InChI is InChI=1S/C19H20ClN3O3S/c1-13-4-7-16(20)12-18(13)23(27(3,25)26)14(2)19(24)22-17-8-5-15(6-9-17)10-11-21/h4-9,12,14H,10H2,1-3H3,(H,22,24)/t14-/m1/s1. The van der Waals surface area contributed by atoms with Crippen LogP contribution < -0.4 is 9.62 Å². The second kappa shape index (κ2) is 8.42. The predicted octanol–water partition coefficient (Wildman–Crippen LogP) is 3.51. The Morgan fingerprint density at radius 2 is 1.89 bits per heavy atom. The third kappa shape index (κ3) is 5.22. The quantitative estimate of drug-likeness (QED) is 0.796. The summed E-state index contributed by atoms with van der Waals surface area (Å²) in [6, 6.07) is 12.8. The number of carbonyl (C=O) groups is 1. The van der Waals surface area contributed by atoms with Gasteiger partial charge in [-0.2, -0.15) is 5.26 Å². The van der Waals surface area contributed by atoms with Crippen LogP contribution in [0.1, 0.15) is 18.1 Å². The number of rotatable bonds is 6. The molecule has 0 aromatic heterocycles. The maximum Gasteiger partial charge on any atom is 0.247 e. The lowest BCUT2D eigenvalue weighted by atomic mass is 10.1. The lowest BCUT2D eigenvalue weighted by molar-refractivity contribution is -0.116. The third-order valence-corrected chi connectivity index (χ3v) is 5.46. The van der Waals surface area contributed by atoms with Gasteiger partial charge in [0.1, 0.15) is 6.04 Å². The Bertz CT molecular complexity index is 982. The van der Waals surface area contributed by atoms with Crippen molar-refractivity contribution < 1.29 is 13.2 Å². The number of hydrogen-bond donors (Lipinski definition) is 1. The smallest absolute Gasteiger partial charge is 0.247 e. The largest absolute Gasteiger partial charge is 0.324 e. The van der Waals surface area contributed by atoms with Gasteiger partial charge < -0.3 is 5.32 Å². The molecule has 2 rings (SSSR count). The van der Waals surface area contributed by atoms with Gasteiger partial charge >= 0.3 is 0 Å². The Morgan fingerprint density at radius 3 is 2.44 bits per heavy atom. The number of nitrogens with one attached hydrogen (secondary N) is 1. The van der Waals surface area contributed by atoms with Crippen molar-refractivity contribution in [3.05, 3.63) is 58.6 Å². The van der Waals surface area contributed by atoms with E-state index in [0.717, 1.165) is 16.1 Å². The summed E-state index contributed by atoms with van der Waals surface area (Å²) in [5.41, 5.74) is 2.39. The van der Waals surface area contributed by atoms with Crippen LogP contribution in [0.4, 0.5) is 11.4 Å². The molecule has 6 nitrogen and oxygen atoms in total. The summed E-state index contributed by atoms with van der Waals surface area (Å²) in [4.78, 5) is 12.7. The Labute approximate surface area is 164 Å². The van der Waals surface area contributed by atoms with Crippen LogP contribution in [0.3, 0.4) is 0 Å². The second-order valence-electron chi connectivity index (χ2n) is 6.19. The molecule has 0 aliphatic rings. The molecule has 0 fully saturated rings. The molecule has 0 radical (unpaired) electrons. The summed E-state index contributed by atoms with van der Waals surface area (Å²) in [6.07, 6.45) is 1.33. The molecule has 0 bridgehead atoms. The maximum absolute atomic E-state index is 12.7. The molecule has 0 spiro atoms. The first-order chi connectivity index (χ1) is 12.6. The van der Waals surface area contributed by atoms with E-state index in [4.69, 9.17) is 16.9 Å². The van der Waals surface area contributed by atoms with Crippen molar-refractivity contribution in [1.82, 2.24) is 0 Å². The summed E-state index contributed by atoms with van der Waals surface area (Å²) in [5, 5.41) is 11.8. The minimum absolute atomic E-state index is 0.278. The first-order valence-electron chi connectivity index (χ1n) is 8.16. The number of anilines is 2. The van der Waals surface area contributed by atoms with E-state index in [9.17, 15) is 13.2 Å². The molecular weight excluding hydrogens is 386 g/mol. The molecular formula is C19H20ClN3O3S. The summed E-state index contributed by atoms with van der Waals surface area (Å²) >= 11 is 6.02. The molecule has 1 amide bonds. The van der Waals surface area contributed by atoms with Gasteiger partial charge in [-0.3, -0.25) is 9.10 Å². The van der Waals surface area contributed by atoms with Crippen molar-refractivity contribution in [2.24, 2.45) is 0 Å². The molecule has 1 atom stereocenters. The van der Waals surface area contributed by atoms with Gasteiger partial charge in [0.25, 0.3) is 0 Å². The van der Waals surface area contributed by atoms with Crippen molar-refractivity contribution in [2.45, 2.75) is 26.3 Å². The highest BCUT2D eigenvalue weighted by Gasteiger charge is 2.30. The number of amides is 1. The number of sulfonamides is 1. The maximum atomic E-state index is 12.7. The average molecular weight is 406 g/mol. The predicted molar refractivity (Wildman–Crippen MR) is 107 cm³/mol. The molecule has 0 saturated carbocycles. The number of nitrogens with zero attached hydrogens (tertiary/aromatic N) is 2. The van der Waals surface area contributed by atoms with Gasteiger partial charge in [0.15, 0.2) is 0 Å². The van der Waals surface area contributed by atoms with Crippen LogP contribution in [0.2, 0.25) is 5.02 Å². The Kier molecular flexibility index (Phi) is 6.47. The fraction of sp³-hybridized carbons (Fsp3) is 0.263. The van der Waals surface area contributed by atoms with Gasteiger partial charge in [0, 0.05) is 10.7 Å². The van der Waals surface area contributed by atoms with Crippen LogP contribution in [-0.4, -0.2) is 26.6 Å². The molecule has 2 aromatic carbocycles. The van der Waals surface area contributed by atoms with Crippen molar-refractivity contribution in [1.29, 1.82) is 5.26 Å². The highest BCUT2D eigenvalue weighted by Crippen LogP contribution is 2.28. The molecule has 27 heavy (non-hydrogen) atoms. The molecule has 0 heterocycles. The molecule has 0 aliphatic heterocycles. The van der Waals surface area contributed by atoms with Gasteiger partial charge in [0.05, 0.1) is 24.4 Å². The molecule has 0 saturated heterocycles. The fourth-order valence-corrected chi connectivity index (χ4v) is 4.04. The number of benzene rings is 2. The van der Waals surface area contributed by atoms with E-state index in [1.165, 1.54) is 13.0 Å². The van der Waals surface area contributed by atoms with Gasteiger partial charge in [0.2, 0.25) is 15.9 Å². The van der Waals surface area contributed by atoms with Crippen molar-refractivity contribution in [3.8, 4) is 6.07 Å². The SMILES string of the molecule is Cc1ccc(Cl)cc1N([C@H](C)C(=O)Nc1ccc(CC#N)cc1)S(C)(=O)=O. The molecule has 0 aliphatic carbocycles. The van der Waals surface area contributed by atoms with E-state index >= 15 is 0 Å². The third-order valence-electron chi connectivity index (χ3n) is 4.00. The van der Waals surface area contributed by atoms with E-state index in [0.29, 0.717) is 22.0 Å². The van der Waals surface area contributed by atoms with Crippen LogP contribution in [0.15, 0.2) is 42.5 Å². The van der Waals surface area contributed by atoms with E-state index in [-0.39, 0.29) is 6.42 Å².